The Labute approximate surface area is 142 Å². The van der Waals surface area contributed by atoms with Crippen molar-refractivity contribution in [2.45, 2.75) is 6.04 Å². The molecule has 2 aromatic rings. The number of nitrogens with one attached hydrogen (secondary N) is 2. The molecule has 0 bridgehead atoms. The van der Waals surface area contributed by atoms with Gasteiger partial charge >= 0.3 is 0 Å². The summed E-state index contributed by atoms with van der Waals surface area (Å²) in [6.45, 7) is 1.98. The van der Waals surface area contributed by atoms with Crippen molar-refractivity contribution in [3.8, 4) is 0 Å². The number of hydrogen-bond acceptors (Lipinski definition) is 6. The van der Waals surface area contributed by atoms with Gasteiger partial charge in [0.05, 0.1) is 6.04 Å². The van der Waals surface area contributed by atoms with E-state index in [1.54, 1.807) is 0 Å². The smallest absolute Gasteiger partial charge is 0.253 e. The molecule has 0 aromatic heterocycles. The van der Waals surface area contributed by atoms with Gasteiger partial charge in [-0.3, -0.25) is 9.59 Å². The maximum atomic E-state index is 11.9. The zero-order chi connectivity index (χ0) is 17.7. The van der Waals surface area contributed by atoms with Gasteiger partial charge in [0.25, 0.3) is 10.9 Å². The van der Waals surface area contributed by atoms with Gasteiger partial charge in [0.15, 0.2) is 0 Å². The lowest BCUT2D eigenvalue weighted by atomic mass is 10.1. The van der Waals surface area contributed by atoms with Crippen molar-refractivity contribution in [3.05, 3.63) is 56.3 Å². The van der Waals surface area contributed by atoms with E-state index in [2.05, 4.69) is 27.7 Å². The minimum absolute atomic E-state index is 0.116. The van der Waals surface area contributed by atoms with Crippen LogP contribution in [0.15, 0.2) is 39.9 Å². The molecule has 0 radical (unpaired) electrons. The Morgan fingerprint density at radius 2 is 1.50 bits per heavy atom. The molecule has 1 atom stereocenters. The third-order valence-corrected chi connectivity index (χ3v) is 4.05. The van der Waals surface area contributed by atoms with Crippen molar-refractivity contribution >= 4 is 11.4 Å². The van der Waals surface area contributed by atoms with Gasteiger partial charge in [-0.2, -0.15) is 0 Å². The van der Waals surface area contributed by atoms with Gasteiger partial charge in [0, 0.05) is 19.6 Å². The second kappa shape index (κ2) is 8.08. The number of hydrogen-bond donors (Lipinski definition) is 2. The van der Waals surface area contributed by atoms with Crippen molar-refractivity contribution in [1.29, 1.82) is 0 Å². The van der Waals surface area contributed by atoms with Crippen LogP contribution in [0.5, 0.6) is 0 Å². The molecule has 24 heavy (non-hydrogen) atoms. The highest BCUT2D eigenvalue weighted by atomic mass is 16.2. The Bertz CT molecular complexity index is 718. The first-order valence-electron chi connectivity index (χ1n) is 8.09. The summed E-state index contributed by atoms with van der Waals surface area (Å²) < 4.78 is 0. The Kier molecular flexibility index (Phi) is 6.11. The monoisotopic (exact) mass is 330 g/mol. The van der Waals surface area contributed by atoms with Crippen molar-refractivity contribution in [1.82, 2.24) is 9.80 Å². The van der Waals surface area contributed by atoms with Crippen molar-refractivity contribution < 1.29 is 0 Å². The minimum Gasteiger partial charge on any atom is -0.379 e. The van der Waals surface area contributed by atoms with Gasteiger partial charge in [-0.05, 0) is 33.8 Å². The predicted molar refractivity (Wildman–Crippen MR) is 99.8 cm³/mol. The number of likely N-dealkylation sites (N-methyl/N-ethyl adjacent to an activating group) is 2. The third kappa shape index (κ3) is 4.21. The summed E-state index contributed by atoms with van der Waals surface area (Å²) >= 11 is 0. The van der Waals surface area contributed by atoms with Gasteiger partial charge in [0.1, 0.15) is 11.4 Å². The number of rotatable bonds is 9. The molecule has 2 rings (SSSR count). The fourth-order valence-corrected chi connectivity index (χ4v) is 2.61. The van der Waals surface area contributed by atoms with E-state index in [0.29, 0.717) is 24.5 Å². The summed E-state index contributed by atoms with van der Waals surface area (Å²) in [6, 6.07) is 10.2. The summed E-state index contributed by atoms with van der Waals surface area (Å²) in [4.78, 5) is 27.7. The van der Waals surface area contributed by atoms with Crippen LogP contribution in [0.1, 0.15) is 11.6 Å². The van der Waals surface area contributed by atoms with Crippen molar-refractivity contribution in [3.63, 3.8) is 0 Å². The van der Waals surface area contributed by atoms with Crippen LogP contribution in [0, 0.1) is 0 Å². The van der Waals surface area contributed by atoms with Crippen LogP contribution in [0.2, 0.25) is 0 Å². The molecule has 0 saturated carbocycles. The lowest BCUT2D eigenvalue weighted by Crippen LogP contribution is -2.40. The van der Waals surface area contributed by atoms with E-state index in [9.17, 15) is 9.59 Å². The normalized spacial score (nSPS) is 12.8. The summed E-state index contributed by atoms with van der Waals surface area (Å²) in [7, 11) is 7.92. The molecule has 0 spiro atoms. The zero-order valence-corrected chi connectivity index (χ0v) is 14.8. The predicted octanol–water partition coefficient (Wildman–Crippen LogP) is 0.971. The molecular formula is C18H26N4O2. The SMILES string of the molecule is CN(C)CCNc1c(NC[C@@H](c2ccccc2)N(C)C)c(=O)c1=O. The first-order chi connectivity index (χ1) is 11.4. The maximum Gasteiger partial charge on any atom is 0.253 e. The van der Waals surface area contributed by atoms with Gasteiger partial charge in [-0.1, -0.05) is 30.3 Å². The fourth-order valence-electron chi connectivity index (χ4n) is 2.61. The first kappa shape index (κ1) is 18.2. The lowest BCUT2D eigenvalue weighted by molar-refractivity contribution is 0.312. The summed E-state index contributed by atoms with van der Waals surface area (Å²) in [5.41, 5.74) is 1.11. The van der Waals surface area contributed by atoms with E-state index in [-0.39, 0.29) is 6.04 Å². The van der Waals surface area contributed by atoms with Crippen LogP contribution in [0.4, 0.5) is 11.4 Å². The molecular weight excluding hydrogens is 304 g/mol. The average molecular weight is 330 g/mol. The largest absolute Gasteiger partial charge is 0.379 e. The van der Waals surface area contributed by atoms with Crippen LogP contribution in [-0.4, -0.2) is 57.6 Å². The Morgan fingerprint density at radius 1 is 0.917 bits per heavy atom. The molecule has 6 nitrogen and oxygen atoms in total. The van der Waals surface area contributed by atoms with Crippen LogP contribution < -0.4 is 21.5 Å². The minimum atomic E-state index is -0.437. The van der Waals surface area contributed by atoms with E-state index in [1.807, 2.05) is 51.3 Å². The average Bonchev–Trinajstić information content (AvgIpc) is 2.56. The van der Waals surface area contributed by atoms with E-state index in [0.717, 1.165) is 12.1 Å². The molecule has 0 aliphatic carbocycles. The van der Waals surface area contributed by atoms with E-state index in [4.69, 9.17) is 0 Å². The highest BCUT2D eigenvalue weighted by molar-refractivity contribution is 5.74. The van der Waals surface area contributed by atoms with Crippen LogP contribution >= 0.6 is 0 Å². The first-order valence-corrected chi connectivity index (χ1v) is 8.09. The van der Waals surface area contributed by atoms with Gasteiger partial charge < -0.3 is 20.4 Å². The Hall–Kier alpha value is -2.18. The standard InChI is InChI=1S/C18H26N4O2/c1-21(2)11-10-19-15-16(18(24)17(15)23)20-12-14(22(3)4)13-8-6-5-7-9-13/h5-9,14,19-20H,10-12H2,1-4H3/t14-/m0/s1. The number of nitrogens with zero attached hydrogens (tertiary/aromatic N) is 2. The van der Waals surface area contributed by atoms with Gasteiger partial charge in [-0.25, -0.2) is 0 Å². The number of anilines is 2. The molecule has 0 fully saturated rings. The molecule has 0 saturated heterocycles. The number of benzene rings is 1. The fraction of sp³-hybridized carbons (Fsp3) is 0.444. The molecule has 2 N–H and O–H groups in total. The van der Waals surface area contributed by atoms with Gasteiger partial charge in [-0.15, -0.1) is 0 Å². The quantitative estimate of drug-likeness (QED) is 0.668. The summed E-state index contributed by atoms with van der Waals surface area (Å²) in [5.74, 6) is 0. The highest BCUT2D eigenvalue weighted by Gasteiger charge is 2.22. The topological polar surface area (TPSA) is 64.7 Å². The lowest BCUT2D eigenvalue weighted by Gasteiger charge is -2.26. The third-order valence-electron chi connectivity index (χ3n) is 4.05. The molecule has 0 amide bonds. The van der Waals surface area contributed by atoms with Crippen LogP contribution in [0.25, 0.3) is 0 Å². The molecule has 0 aliphatic heterocycles. The summed E-state index contributed by atoms with van der Waals surface area (Å²) in [5, 5.41) is 6.22. The Balaban J connectivity index is 2.04. The molecule has 6 heteroatoms. The molecule has 0 unspecified atom stereocenters. The molecule has 0 aliphatic rings. The van der Waals surface area contributed by atoms with Crippen molar-refractivity contribution in [2.24, 2.45) is 0 Å². The molecule has 0 heterocycles. The summed E-state index contributed by atoms with van der Waals surface area (Å²) in [6.07, 6.45) is 0. The van der Waals surface area contributed by atoms with Crippen LogP contribution in [-0.2, 0) is 0 Å². The molecule has 2 aromatic carbocycles. The van der Waals surface area contributed by atoms with Gasteiger partial charge in [0.2, 0.25) is 0 Å². The van der Waals surface area contributed by atoms with E-state index in [1.165, 1.54) is 0 Å². The van der Waals surface area contributed by atoms with Crippen molar-refractivity contribution in [2.75, 3.05) is 58.5 Å². The van der Waals surface area contributed by atoms with Crippen LogP contribution in [0.3, 0.4) is 0 Å². The Morgan fingerprint density at radius 3 is 2.04 bits per heavy atom. The highest BCUT2D eigenvalue weighted by Crippen LogP contribution is 2.20. The van der Waals surface area contributed by atoms with E-state index >= 15 is 0 Å². The second-order valence-electron chi connectivity index (χ2n) is 6.41. The van der Waals surface area contributed by atoms with E-state index < -0.39 is 10.9 Å². The molecule has 130 valence electrons. The maximum absolute atomic E-state index is 11.9. The second-order valence-corrected chi connectivity index (χ2v) is 6.41. The zero-order valence-electron chi connectivity index (χ0n) is 14.8.